The fourth-order valence-electron chi connectivity index (χ4n) is 9.45. The highest BCUT2D eigenvalue weighted by molar-refractivity contribution is 8.17. The molecular formula is C62H101NO7PS2+. The molecule has 4 rings (SSSR count). The molecule has 2 unspecified atom stereocenters. The van der Waals surface area contributed by atoms with Gasteiger partial charge in [0.2, 0.25) is 0 Å². The Morgan fingerprint density at radius 2 is 1.04 bits per heavy atom. The van der Waals surface area contributed by atoms with Gasteiger partial charge in [-0.2, -0.15) is 0 Å². The summed E-state index contributed by atoms with van der Waals surface area (Å²) in [7, 11) is 1.75. The van der Waals surface area contributed by atoms with Crippen LogP contribution in [0.2, 0.25) is 0 Å². The molecule has 0 bridgehead atoms. The van der Waals surface area contributed by atoms with E-state index in [9.17, 15) is 14.6 Å². The molecule has 73 heavy (non-hydrogen) atoms. The molecule has 0 spiro atoms. The second kappa shape index (κ2) is 37.4. The van der Waals surface area contributed by atoms with Crippen LogP contribution >= 0.6 is 31.3 Å². The first kappa shape index (κ1) is 63.1. The van der Waals surface area contributed by atoms with Gasteiger partial charge in [-0.3, -0.25) is 9.42 Å². The number of aliphatic hydroxyl groups is 1. The maximum absolute atomic E-state index is 13.1. The van der Waals surface area contributed by atoms with E-state index in [0.29, 0.717) is 35.7 Å². The minimum absolute atomic E-state index is 0.117. The van der Waals surface area contributed by atoms with Crippen LogP contribution in [0.4, 0.5) is 0 Å². The van der Waals surface area contributed by atoms with Crippen LogP contribution in [0.3, 0.4) is 0 Å². The number of rotatable bonds is 43. The van der Waals surface area contributed by atoms with Crippen molar-refractivity contribution >= 4 is 31.3 Å². The van der Waals surface area contributed by atoms with Crippen LogP contribution < -0.4 is 14.0 Å². The van der Waals surface area contributed by atoms with E-state index >= 15 is 0 Å². The second-order valence-electron chi connectivity index (χ2n) is 21.7. The highest BCUT2D eigenvalue weighted by atomic mass is 32.2. The van der Waals surface area contributed by atoms with Gasteiger partial charge in [0.1, 0.15) is 24.5 Å². The van der Waals surface area contributed by atoms with Gasteiger partial charge in [0.15, 0.2) is 11.5 Å². The third kappa shape index (κ3) is 26.5. The summed E-state index contributed by atoms with van der Waals surface area (Å²) in [5.74, 6) is 3.59. The van der Waals surface area contributed by atoms with Gasteiger partial charge in [-0.15, -0.1) is 23.5 Å². The Morgan fingerprint density at radius 3 is 1.53 bits per heavy atom. The van der Waals surface area contributed by atoms with Crippen molar-refractivity contribution in [2.45, 2.75) is 210 Å². The molecule has 8 nitrogen and oxygen atoms in total. The Morgan fingerprint density at radius 1 is 0.575 bits per heavy atom. The number of allylic oxidation sites excluding steroid dienone is 2. The third-order valence-corrected chi connectivity index (χ3v) is 18.3. The summed E-state index contributed by atoms with van der Waals surface area (Å²) in [6.45, 7) is 6.53. The summed E-state index contributed by atoms with van der Waals surface area (Å²) in [5, 5.41) is 13.1. The molecule has 3 aromatic carbocycles. The molecule has 1 aliphatic heterocycles. The number of likely N-dealkylation sites (N-methyl/N-ethyl adjacent to an activating group) is 1. The standard InChI is InChI=1S/C62H100NO7PS2/c1-6-8-10-12-14-16-18-20-22-23-25-27-29-31-33-38-49-68-60-51-57(43-46-59(60)67-48-37-32-30-28-26-24-21-19-17-15-13-11-9-7-2)62(64,56-39-35-34-36-40-56)61-72-52-55(53-73-61)54-41-44-58(45-42-54)70-71(65,66)69-50-47-63(3,4)5/h20,22,34-36,39-46,51,55,61,64H,6-19,21,23-33,37-38,47-50,52-53H2,1-5H3/p+1/b22-20+. The summed E-state index contributed by atoms with van der Waals surface area (Å²) >= 11 is 3.54. The zero-order valence-corrected chi connectivity index (χ0v) is 49.0. The quantitative estimate of drug-likeness (QED) is 0.0249. The van der Waals surface area contributed by atoms with Gasteiger partial charge in [-0.25, -0.2) is 4.57 Å². The molecule has 0 radical (unpaired) electrons. The molecule has 1 saturated heterocycles. The van der Waals surface area contributed by atoms with Crippen molar-refractivity contribution in [3.05, 3.63) is 102 Å². The first-order valence-electron chi connectivity index (χ1n) is 29.1. The highest BCUT2D eigenvalue weighted by Gasteiger charge is 2.44. The number of hydrogen-bond donors (Lipinski definition) is 2. The van der Waals surface area contributed by atoms with Gasteiger partial charge < -0.3 is 23.6 Å². The Labute approximate surface area is 454 Å². The fourth-order valence-corrected chi connectivity index (χ4v) is 13.7. The molecule has 0 amide bonds. The van der Waals surface area contributed by atoms with Crippen molar-refractivity contribution in [1.82, 2.24) is 0 Å². The maximum Gasteiger partial charge on any atom is 0.527 e. The number of nitrogens with zero attached hydrogens (tertiary/aromatic N) is 1. The Hall–Kier alpha value is -2.43. The average molecular weight is 1070 g/mol. The van der Waals surface area contributed by atoms with Crippen LogP contribution in [-0.2, 0) is 14.7 Å². The number of hydrogen-bond acceptors (Lipinski definition) is 8. The highest BCUT2D eigenvalue weighted by Crippen LogP contribution is 2.51. The molecule has 1 heterocycles. The van der Waals surface area contributed by atoms with Crippen LogP contribution in [0, 0.1) is 0 Å². The van der Waals surface area contributed by atoms with Crippen LogP contribution in [-0.4, -0.2) is 78.1 Å². The number of benzene rings is 3. The topological polar surface area (TPSA) is 94.5 Å². The first-order chi connectivity index (χ1) is 35.4. The van der Waals surface area contributed by atoms with Crippen molar-refractivity contribution in [1.29, 1.82) is 0 Å². The molecule has 0 saturated carbocycles. The van der Waals surface area contributed by atoms with E-state index in [1.165, 1.54) is 161 Å². The number of ether oxygens (including phenoxy) is 2. The lowest BCUT2D eigenvalue weighted by Crippen LogP contribution is -2.39. The van der Waals surface area contributed by atoms with Gasteiger partial charge in [0, 0.05) is 17.4 Å². The van der Waals surface area contributed by atoms with Gasteiger partial charge in [-0.1, -0.05) is 216 Å². The lowest BCUT2D eigenvalue weighted by Gasteiger charge is -2.40. The molecule has 412 valence electrons. The maximum atomic E-state index is 13.1. The average Bonchev–Trinajstić information content (AvgIpc) is 3.38. The van der Waals surface area contributed by atoms with Crippen LogP contribution in [0.15, 0.2) is 84.9 Å². The number of thioether (sulfide) groups is 2. The molecule has 2 atom stereocenters. The number of phosphoric ester groups is 1. The van der Waals surface area contributed by atoms with Gasteiger partial charge in [-0.05, 0) is 79.5 Å². The molecule has 1 fully saturated rings. The second-order valence-corrected chi connectivity index (χ2v) is 25.6. The minimum Gasteiger partial charge on any atom is -0.490 e. The van der Waals surface area contributed by atoms with E-state index in [-0.39, 0.29) is 17.1 Å². The number of phosphoric acid groups is 1. The molecule has 0 aromatic heterocycles. The zero-order chi connectivity index (χ0) is 52.3. The number of quaternary nitrogens is 1. The Balaban J connectivity index is 1.32. The van der Waals surface area contributed by atoms with Crippen LogP contribution in [0.5, 0.6) is 17.2 Å². The van der Waals surface area contributed by atoms with E-state index in [0.717, 1.165) is 53.2 Å². The molecule has 0 aliphatic carbocycles. The van der Waals surface area contributed by atoms with Crippen LogP contribution in [0.25, 0.3) is 0 Å². The molecule has 3 aromatic rings. The predicted molar refractivity (Wildman–Crippen MR) is 314 cm³/mol. The van der Waals surface area contributed by atoms with Gasteiger partial charge >= 0.3 is 7.82 Å². The molecule has 2 N–H and O–H groups in total. The van der Waals surface area contributed by atoms with E-state index in [1.54, 1.807) is 35.7 Å². The summed E-state index contributed by atoms with van der Waals surface area (Å²) < 4.78 is 36.8. The monoisotopic (exact) mass is 1070 g/mol. The summed E-state index contributed by atoms with van der Waals surface area (Å²) in [4.78, 5) is 10.3. The van der Waals surface area contributed by atoms with Crippen molar-refractivity contribution < 1.29 is 37.6 Å². The first-order valence-corrected chi connectivity index (χ1v) is 32.7. The van der Waals surface area contributed by atoms with Crippen molar-refractivity contribution in [3.8, 4) is 17.2 Å². The normalized spacial score (nSPS) is 16.9. The van der Waals surface area contributed by atoms with Crippen molar-refractivity contribution in [2.24, 2.45) is 0 Å². The van der Waals surface area contributed by atoms with Crippen molar-refractivity contribution in [3.63, 3.8) is 0 Å². The van der Waals surface area contributed by atoms with E-state index in [4.69, 9.17) is 18.5 Å². The summed E-state index contributed by atoms with van der Waals surface area (Å²) in [6, 6.07) is 23.6. The van der Waals surface area contributed by atoms with E-state index in [2.05, 4.69) is 26.0 Å². The van der Waals surface area contributed by atoms with Gasteiger partial charge in [0.25, 0.3) is 0 Å². The van der Waals surface area contributed by atoms with E-state index < -0.39 is 13.4 Å². The van der Waals surface area contributed by atoms with Gasteiger partial charge in [0.05, 0.1) is 38.9 Å². The largest absolute Gasteiger partial charge is 0.527 e. The number of unbranched alkanes of at least 4 members (excludes halogenated alkanes) is 25. The summed E-state index contributed by atoms with van der Waals surface area (Å²) in [5.41, 5.74) is 1.49. The van der Waals surface area contributed by atoms with Crippen molar-refractivity contribution in [2.75, 3.05) is 59.0 Å². The molecular weight excluding hydrogens is 966 g/mol. The minimum atomic E-state index is -4.25. The predicted octanol–water partition coefficient (Wildman–Crippen LogP) is 18.0. The molecule has 11 heteroatoms. The summed E-state index contributed by atoms with van der Waals surface area (Å²) in [6.07, 6.45) is 41.1. The Bertz CT molecular complexity index is 1920. The Kier molecular flexibility index (Phi) is 32.3. The fraction of sp³-hybridized carbons (Fsp3) is 0.677. The van der Waals surface area contributed by atoms with E-state index in [1.807, 2.05) is 81.8 Å². The smallest absolute Gasteiger partial charge is 0.490 e. The third-order valence-electron chi connectivity index (χ3n) is 14.1. The zero-order valence-electron chi connectivity index (χ0n) is 46.4. The lowest BCUT2D eigenvalue weighted by atomic mass is 9.87. The SMILES string of the molecule is CCCCCCCC/C=C/CCCCCCCCOc1cc(C(O)(c2ccccc2)C2SCC(c3ccc(OP(=O)(O)OCC[N+](C)(C)C)cc3)CS2)ccc1OCCCCCCCCCCCCCCCC. The van der Waals surface area contributed by atoms with Crippen LogP contribution in [0.1, 0.15) is 216 Å². The molecule has 1 aliphatic rings. The lowest BCUT2D eigenvalue weighted by molar-refractivity contribution is -0.870.